The number of carbonyl (C=O) groups excluding carboxylic acids is 1. The fourth-order valence-corrected chi connectivity index (χ4v) is 5.18. The monoisotopic (exact) mass is 524 g/mol. The Morgan fingerprint density at radius 2 is 1.83 bits per heavy atom. The summed E-state index contributed by atoms with van der Waals surface area (Å²) in [5.41, 5.74) is -0.680. The summed E-state index contributed by atoms with van der Waals surface area (Å²) < 4.78 is 73.0. The minimum atomic E-state index is -4.59. The van der Waals surface area contributed by atoms with Crippen LogP contribution in [0.3, 0.4) is 0 Å². The molecule has 12 heteroatoms. The van der Waals surface area contributed by atoms with Crippen molar-refractivity contribution >= 4 is 23.6 Å². The molecule has 3 aliphatic rings. The molecule has 6 nitrogen and oxygen atoms in total. The smallest absolute Gasteiger partial charge is 0.417 e. The van der Waals surface area contributed by atoms with Crippen molar-refractivity contribution in [2.75, 3.05) is 11.4 Å². The van der Waals surface area contributed by atoms with Crippen molar-refractivity contribution < 1.29 is 31.5 Å². The molecule has 3 fully saturated rings. The lowest BCUT2D eigenvalue weighted by Crippen LogP contribution is -2.58. The molecule has 1 aromatic carbocycles. The van der Waals surface area contributed by atoms with E-state index in [0.717, 1.165) is 24.9 Å². The number of anilines is 1. The topological polar surface area (TPSA) is 68.2 Å². The number of hydrogen-bond acceptors (Lipinski definition) is 6. The molecule has 4 heterocycles. The highest BCUT2D eigenvalue weighted by molar-refractivity contribution is 6.31. The highest BCUT2D eigenvalue weighted by Gasteiger charge is 2.44. The van der Waals surface area contributed by atoms with Crippen molar-refractivity contribution in [2.45, 2.75) is 37.6 Å². The quantitative estimate of drug-likeness (QED) is 0.313. The van der Waals surface area contributed by atoms with E-state index in [-0.39, 0.29) is 39.8 Å². The Hall–Kier alpha value is -3.34. The average Bonchev–Trinajstić information content (AvgIpc) is 2.85. The number of carbonyl (C=O) groups is 1. The predicted octanol–water partition coefficient (Wildman–Crippen LogP) is 5.74. The molecule has 36 heavy (non-hydrogen) atoms. The van der Waals surface area contributed by atoms with E-state index in [0.29, 0.717) is 37.6 Å². The Labute approximate surface area is 207 Å². The van der Waals surface area contributed by atoms with Crippen LogP contribution in [0.1, 0.15) is 35.2 Å². The maximum absolute atomic E-state index is 14.8. The second-order valence-electron chi connectivity index (χ2n) is 8.76. The van der Waals surface area contributed by atoms with Gasteiger partial charge in [0, 0.05) is 18.4 Å². The lowest BCUT2D eigenvalue weighted by atomic mass is 9.77. The van der Waals surface area contributed by atoms with E-state index >= 15 is 0 Å². The zero-order valence-corrected chi connectivity index (χ0v) is 19.2. The summed E-state index contributed by atoms with van der Waals surface area (Å²) in [5.74, 6) is -1.52. The van der Waals surface area contributed by atoms with Gasteiger partial charge in [-0.15, -0.1) is 0 Å². The summed E-state index contributed by atoms with van der Waals surface area (Å²) in [7, 11) is 0. The van der Waals surface area contributed by atoms with Gasteiger partial charge in [-0.2, -0.15) is 13.2 Å². The van der Waals surface area contributed by atoms with Crippen LogP contribution in [0.25, 0.3) is 11.4 Å². The number of ether oxygens (including phenoxy) is 1. The van der Waals surface area contributed by atoms with Crippen LogP contribution in [0.5, 0.6) is 5.88 Å². The number of alkyl halides is 3. The summed E-state index contributed by atoms with van der Waals surface area (Å²) in [6, 6.07) is 3.16. The molecule has 0 amide bonds. The molecule has 1 aliphatic carbocycles. The highest BCUT2D eigenvalue weighted by Crippen LogP contribution is 2.43. The summed E-state index contributed by atoms with van der Waals surface area (Å²) in [6.07, 6.45) is 0.0575. The number of piperidine rings is 2. The van der Waals surface area contributed by atoms with Crippen LogP contribution in [-0.4, -0.2) is 39.9 Å². The van der Waals surface area contributed by atoms with Crippen molar-refractivity contribution in [3.63, 3.8) is 0 Å². The van der Waals surface area contributed by atoms with Crippen molar-refractivity contribution in [1.29, 1.82) is 0 Å². The lowest BCUT2D eigenvalue weighted by molar-refractivity contribution is -0.137. The third-order valence-corrected chi connectivity index (χ3v) is 6.83. The summed E-state index contributed by atoms with van der Waals surface area (Å²) >= 11 is 6.05. The fourth-order valence-electron chi connectivity index (χ4n) is 4.97. The molecule has 0 radical (unpaired) electrons. The molecule has 0 unspecified atom stereocenters. The number of aldehydes is 1. The fraction of sp³-hybridized carbons (Fsp3) is 0.333. The van der Waals surface area contributed by atoms with Gasteiger partial charge in [0.25, 0.3) is 0 Å². The van der Waals surface area contributed by atoms with E-state index in [9.17, 15) is 26.7 Å². The second-order valence-corrected chi connectivity index (χ2v) is 9.17. The number of pyridine rings is 1. The largest absolute Gasteiger partial charge is 0.471 e. The van der Waals surface area contributed by atoms with E-state index < -0.39 is 29.5 Å². The minimum Gasteiger partial charge on any atom is -0.471 e. The van der Waals surface area contributed by atoms with Gasteiger partial charge in [0.15, 0.2) is 17.9 Å². The van der Waals surface area contributed by atoms with Gasteiger partial charge >= 0.3 is 6.18 Å². The third-order valence-electron chi connectivity index (χ3n) is 6.56. The van der Waals surface area contributed by atoms with Crippen molar-refractivity contribution in [3.8, 4) is 17.3 Å². The number of aromatic nitrogens is 3. The van der Waals surface area contributed by atoms with Gasteiger partial charge in [-0.3, -0.25) is 4.79 Å². The zero-order valence-electron chi connectivity index (χ0n) is 18.5. The number of rotatable bonds is 5. The first-order chi connectivity index (χ1) is 17.2. The first-order valence-corrected chi connectivity index (χ1v) is 11.4. The number of fused-ring (bicyclic) bond motifs is 3. The first-order valence-electron chi connectivity index (χ1n) is 11.1. The predicted molar refractivity (Wildman–Crippen MR) is 120 cm³/mol. The Balaban J connectivity index is 1.48. The normalized spacial score (nSPS) is 21.5. The van der Waals surface area contributed by atoms with E-state index in [2.05, 4.69) is 15.0 Å². The van der Waals surface area contributed by atoms with E-state index in [4.69, 9.17) is 16.3 Å². The molecule has 2 aromatic heterocycles. The highest BCUT2D eigenvalue weighted by atomic mass is 35.5. The van der Waals surface area contributed by atoms with Crippen LogP contribution in [0.4, 0.5) is 27.6 Å². The molecule has 6 rings (SSSR count). The summed E-state index contributed by atoms with van der Waals surface area (Å²) in [4.78, 5) is 25.5. The van der Waals surface area contributed by atoms with Crippen LogP contribution < -0.4 is 9.64 Å². The van der Waals surface area contributed by atoms with Gasteiger partial charge in [-0.1, -0.05) is 11.6 Å². The van der Waals surface area contributed by atoms with Crippen molar-refractivity contribution in [1.82, 2.24) is 15.0 Å². The molecule has 3 atom stereocenters. The Kier molecular flexibility index (Phi) is 6.27. The maximum Gasteiger partial charge on any atom is 0.417 e. The minimum absolute atomic E-state index is 0.0126. The second kappa shape index (κ2) is 9.27. The van der Waals surface area contributed by atoms with Crippen LogP contribution in [0.15, 0.2) is 36.8 Å². The Bertz CT molecular complexity index is 1300. The molecule has 3 aromatic rings. The van der Waals surface area contributed by atoms with E-state index in [1.165, 1.54) is 12.1 Å². The van der Waals surface area contributed by atoms with Crippen molar-refractivity contribution in [3.05, 3.63) is 64.6 Å². The molecule has 2 aliphatic heterocycles. The number of halogens is 6. The van der Waals surface area contributed by atoms with Gasteiger partial charge in [0.2, 0.25) is 5.88 Å². The zero-order chi connectivity index (χ0) is 25.6. The molecule has 2 saturated heterocycles. The molecule has 0 spiro atoms. The molecular formula is C24H18ClF5N4O2. The Morgan fingerprint density at radius 3 is 2.47 bits per heavy atom. The summed E-state index contributed by atoms with van der Waals surface area (Å²) in [5, 5.41) is -0.260. The SMILES string of the molecule is O=Cc1c(N2C[C@@H]3CC[C@H]2[C@H](Oc2ncc(C(F)(F)F)cc2Cl)C3)ccc(F)c1-c1ncc(F)cn1. The molecule has 2 bridgehead atoms. The maximum atomic E-state index is 14.8. The first kappa shape index (κ1) is 24.4. The molecular weight excluding hydrogens is 507 g/mol. The van der Waals surface area contributed by atoms with Gasteiger partial charge in [0.05, 0.1) is 35.1 Å². The third kappa shape index (κ3) is 4.47. The molecule has 1 saturated carbocycles. The van der Waals surface area contributed by atoms with Gasteiger partial charge < -0.3 is 9.64 Å². The van der Waals surface area contributed by atoms with Crippen molar-refractivity contribution in [2.24, 2.45) is 5.92 Å². The summed E-state index contributed by atoms with van der Waals surface area (Å²) in [6.45, 7) is 0.564. The Morgan fingerprint density at radius 1 is 1.08 bits per heavy atom. The van der Waals surface area contributed by atoms with Gasteiger partial charge in [0.1, 0.15) is 16.9 Å². The van der Waals surface area contributed by atoms with Gasteiger partial charge in [-0.25, -0.2) is 23.7 Å². The number of hydrogen-bond donors (Lipinski definition) is 0. The molecule has 188 valence electrons. The van der Waals surface area contributed by atoms with Crippen LogP contribution >= 0.6 is 11.6 Å². The number of nitrogens with zero attached hydrogens (tertiary/aromatic N) is 4. The lowest BCUT2D eigenvalue weighted by Gasteiger charge is -2.50. The average molecular weight is 525 g/mol. The van der Waals surface area contributed by atoms with Crippen LogP contribution in [0, 0.1) is 17.6 Å². The standard InChI is InChI=1S/C24H18ClF5N4O2/c25-16-6-13(24(28,29)30)7-33-23(16)36-20-5-12-1-3-19(20)34(10-12)18-4-2-17(27)21(15(18)11-35)22-31-8-14(26)9-32-22/h2,4,6-9,11-12,19-20H,1,3,5,10H2/t12-,19+,20-/m1/s1. The van der Waals surface area contributed by atoms with Gasteiger partial charge in [-0.05, 0) is 43.4 Å². The number of benzene rings is 1. The van der Waals surface area contributed by atoms with Crippen LogP contribution in [0.2, 0.25) is 5.02 Å². The van der Waals surface area contributed by atoms with Crippen LogP contribution in [-0.2, 0) is 6.18 Å². The molecule has 0 N–H and O–H groups in total. The van der Waals surface area contributed by atoms with E-state index in [1.807, 2.05) is 4.90 Å². The van der Waals surface area contributed by atoms with E-state index in [1.54, 1.807) is 0 Å².